The average molecular weight is 218 g/mol. The molecule has 0 aromatic carbocycles. The molecule has 76 valence electrons. The molecule has 1 nitrogen and oxygen atoms in total. The van der Waals surface area contributed by atoms with Gasteiger partial charge in [-0.1, -0.05) is 12.5 Å². The molecule has 0 saturated carbocycles. The number of aliphatic hydroxyl groups excluding tert-OH is 1. The maximum absolute atomic E-state index is 8.95. The lowest BCUT2D eigenvalue weighted by Crippen LogP contribution is -2.02. The van der Waals surface area contributed by atoms with Gasteiger partial charge in [-0.05, 0) is 37.2 Å². The fraction of sp³-hybridized carbons (Fsp3) is 0.800. The lowest BCUT2D eigenvalue weighted by Gasteiger charge is -2.17. The summed E-state index contributed by atoms with van der Waals surface area (Å²) in [6, 6.07) is 0. The molecule has 1 aliphatic rings. The van der Waals surface area contributed by atoms with Crippen molar-refractivity contribution in [2.75, 3.05) is 18.1 Å². The molecule has 1 fully saturated rings. The number of rotatable bonds is 3. The zero-order valence-electron chi connectivity index (χ0n) is 8.38. The van der Waals surface area contributed by atoms with E-state index in [9.17, 15) is 0 Å². The average Bonchev–Trinajstić information content (AvgIpc) is 2.19. The summed E-state index contributed by atoms with van der Waals surface area (Å²) in [7, 11) is 0. The van der Waals surface area contributed by atoms with Gasteiger partial charge in [0.15, 0.2) is 0 Å². The molecule has 0 aliphatic carbocycles. The van der Waals surface area contributed by atoms with Gasteiger partial charge in [0.25, 0.3) is 0 Å². The highest BCUT2D eigenvalue weighted by atomic mass is 32.2. The van der Waals surface area contributed by atoms with Crippen LogP contribution in [-0.2, 0) is 0 Å². The quantitative estimate of drug-likeness (QED) is 0.786. The minimum atomic E-state index is 0.306. The van der Waals surface area contributed by atoms with Crippen molar-refractivity contribution in [1.82, 2.24) is 0 Å². The highest BCUT2D eigenvalue weighted by molar-refractivity contribution is 8.22. The minimum Gasteiger partial charge on any atom is -0.396 e. The molecule has 0 radical (unpaired) electrons. The molecule has 0 aromatic rings. The lowest BCUT2D eigenvalue weighted by molar-refractivity contribution is 0.237. The third kappa shape index (κ3) is 3.96. The van der Waals surface area contributed by atoms with Gasteiger partial charge in [-0.25, -0.2) is 0 Å². The fourth-order valence-electron chi connectivity index (χ4n) is 1.35. The van der Waals surface area contributed by atoms with E-state index >= 15 is 0 Å². The Labute approximate surface area is 89.4 Å². The number of hydrogen-bond donors (Lipinski definition) is 1. The minimum absolute atomic E-state index is 0.306. The molecule has 0 aromatic heterocycles. The molecule has 0 bridgehead atoms. The van der Waals surface area contributed by atoms with Crippen LogP contribution in [0.25, 0.3) is 0 Å². The Kier molecular flexibility index (Phi) is 5.29. The number of thioether (sulfide) groups is 2. The normalized spacial score (nSPS) is 20.1. The van der Waals surface area contributed by atoms with Crippen molar-refractivity contribution in [2.24, 2.45) is 5.92 Å². The Balaban J connectivity index is 2.46. The van der Waals surface area contributed by atoms with Crippen LogP contribution >= 0.6 is 23.5 Å². The Morgan fingerprint density at radius 1 is 1.46 bits per heavy atom. The van der Waals surface area contributed by atoms with Gasteiger partial charge in [-0.2, -0.15) is 0 Å². The summed E-state index contributed by atoms with van der Waals surface area (Å²) in [4.78, 5) is 0. The molecular formula is C10H18OS2. The molecule has 0 spiro atoms. The van der Waals surface area contributed by atoms with Gasteiger partial charge < -0.3 is 5.11 Å². The van der Waals surface area contributed by atoms with E-state index in [0.717, 1.165) is 6.42 Å². The van der Waals surface area contributed by atoms with Crippen LogP contribution in [0, 0.1) is 5.92 Å². The Morgan fingerprint density at radius 2 is 2.08 bits per heavy atom. The zero-order chi connectivity index (χ0) is 9.68. The molecule has 3 heteroatoms. The van der Waals surface area contributed by atoms with Crippen molar-refractivity contribution in [3.05, 3.63) is 9.81 Å². The van der Waals surface area contributed by atoms with Crippen LogP contribution in [0.2, 0.25) is 0 Å². The summed E-state index contributed by atoms with van der Waals surface area (Å²) in [6.07, 6.45) is 2.38. The summed E-state index contributed by atoms with van der Waals surface area (Å²) < 4.78 is 1.51. The van der Waals surface area contributed by atoms with E-state index in [1.54, 1.807) is 0 Å². The third-order valence-electron chi connectivity index (χ3n) is 2.07. The first-order valence-corrected chi connectivity index (χ1v) is 6.77. The second-order valence-corrected chi connectivity index (χ2v) is 6.08. The van der Waals surface area contributed by atoms with Crippen molar-refractivity contribution in [1.29, 1.82) is 0 Å². The summed E-state index contributed by atoms with van der Waals surface area (Å²) in [6.45, 7) is 4.61. The lowest BCUT2D eigenvalue weighted by atomic mass is 10.1. The SMILES string of the molecule is CC(C[C@H](C)CO)=C1SCCCS1. The zero-order valence-corrected chi connectivity index (χ0v) is 10.0. The van der Waals surface area contributed by atoms with Gasteiger partial charge in [0.1, 0.15) is 0 Å². The molecule has 1 aliphatic heterocycles. The first-order chi connectivity index (χ1) is 6.24. The highest BCUT2D eigenvalue weighted by Crippen LogP contribution is 2.38. The van der Waals surface area contributed by atoms with Gasteiger partial charge in [0, 0.05) is 10.8 Å². The van der Waals surface area contributed by atoms with Gasteiger partial charge in [-0.3, -0.25) is 0 Å². The van der Waals surface area contributed by atoms with E-state index < -0.39 is 0 Å². The highest BCUT2D eigenvalue weighted by Gasteiger charge is 2.11. The second kappa shape index (κ2) is 5.99. The molecule has 1 saturated heterocycles. The van der Waals surface area contributed by atoms with Crippen molar-refractivity contribution < 1.29 is 5.11 Å². The van der Waals surface area contributed by atoms with Crippen LogP contribution in [0.5, 0.6) is 0 Å². The molecule has 1 N–H and O–H groups in total. The summed E-state index contributed by atoms with van der Waals surface area (Å²) in [5, 5.41) is 8.95. The molecule has 0 unspecified atom stereocenters. The predicted molar refractivity (Wildman–Crippen MR) is 63.1 cm³/mol. The smallest absolute Gasteiger partial charge is 0.0459 e. The molecule has 0 amide bonds. The molecule has 13 heavy (non-hydrogen) atoms. The Hall–Kier alpha value is 0.400. The van der Waals surface area contributed by atoms with Crippen molar-refractivity contribution in [3.8, 4) is 0 Å². The van der Waals surface area contributed by atoms with E-state index in [1.807, 2.05) is 23.5 Å². The monoisotopic (exact) mass is 218 g/mol. The van der Waals surface area contributed by atoms with Crippen LogP contribution in [0.3, 0.4) is 0 Å². The van der Waals surface area contributed by atoms with Crippen LogP contribution in [0.4, 0.5) is 0 Å². The van der Waals surface area contributed by atoms with Gasteiger partial charge in [0.05, 0.1) is 0 Å². The first-order valence-electron chi connectivity index (χ1n) is 4.80. The third-order valence-corrected chi connectivity index (χ3v) is 4.98. The molecular weight excluding hydrogens is 200 g/mol. The Bertz CT molecular complexity index is 181. The van der Waals surface area contributed by atoms with E-state index in [0.29, 0.717) is 12.5 Å². The standard InChI is InChI=1S/C10H18OS2/c1-8(7-11)6-9(2)10-12-4-3-5-13-10/h8,11H,3-7H2,1-2H3/t8-/m0/s1. The van der Waals surface area contributed by atoms with Crippen LogP contribution < -0.4 is 0 Å². The predicted octanol–water partition coefficient (Wildman–Crippen LogP) is 3.11. The van der Waals surface area contributed by atoms with Crippen LogP contribution in [-0.4, -0.2) is 23.2 Å². The van der Waals surface area contributed by atoms with E-state index in [1.165, 1.54) is 27.7 Å². The summed E-state index contributed by atoms with van der Waals surface area (Å²) in [5.41, 5.74) is 1.47. The maximum atomic E-state index is 8.95. The Morgan fingerprint density at radius 3 is 2.62 bits per heavy atom. The molecule has 1 heterocycles. The fourth-order valence-corrected chi connectivity index (χ4v) is 3.97. The van der Waals surface area contributed by atoms with E-state index in [4.69, 9.17) is 5.11 Å². The van der Waals surface area contributed by atoms with Gasteiger partial charge in [0.2, 0.25) is 0 Å². The van der Waals surface area contributed by atoms with Gasteiger partial charge in [-0.15, -0.1) is 23.5 Å². The van der Waals surface area contributed by atoms with Crippen molar-refractivity contribution in [3.63, 3.8) is 0 Å². The number of aliphatic hydroxyl groups is 1. The topological polar surface area (TPSA) is 20.2 Å². The summed E-state index contributed by atoms with van der Waals surface area (Å²) >= 11 is 3.97. The maximum Gasteiger partial charge on any atom is 0.0459 e. The summed E-state index contributed by atoms with van der Waals surface area (Å²) in [5.74, 6) is 2.95. The molecule has 1 rings (SSSR count). The second-order valence-electron chi connectivity index (χ2n) is 3.61. The first kappa shape index (κ1) is 11.5. The van der Waals surface area contributed by atoms with Crippen molar-refractivity contribution in [2.45, 2.75) is 26.7 Å². The number of allylic oxidation sites excluding steroid dienone is 1. The van der Waals surface area contributed by atoms with Crippen LogP contribution in [0.1, 0.15) is 26.7 Å². The number of hydrogen-bond acceptors (Lipinski definition) is 3. The molecule has 1 atom stereocenters. The van der Waals surface area contributed by atoms with Crippen molar-refractivity contribution >= 4 is 23.5 Å². The van der Waals surface area contributed by atoms with E-state index in [2.05, 4.69) is 13.8 Å². The van der Waals surface area contributed by atoms with E-state index in [-0.39, 0.29) is 0 Å². The van der Waals surface area contributed by atoms with Crippen LogP contribution in [0.15, 0.2) is 9.81 Å². The van der Waals surface area contributed by atoms with Gasteiger partial charge >= 0.3 is 0 Å². The largest absolute Gasteiger partial charge is 0.396 e.